The number of cyclic esters (lactones) is 1. The van der Waals surface area contributed by atoms with Crippen LogP contribution in [-0.4, -0.2) is 88.2 Å². The van der Waals surface area contributed by atoms with E-state index in [0.717, 1.165) is 12.0 Å². The van der Waals surface area contributed by atoms with E-state index < -0.39 is 53.4 Å². The second-order valence-corrected chi connectivity index (χ2v) is 15.0. The van der Waals surface area contributed by atoms with Crippen molar-refractivity contribution in [3.05, 3.63) is 69.8 Å². The van der Waals surface area contributed by atoms with Gasteiger partial charge in [-0.2, -0.15) is 0 Å². The first-order chi connectivity index (χ1) is 23.4. The average Bonchev–Trinajstić information content (AvgIpc) is 3.82. The maximum Gasteiger partial charge on any atom is 0.309 e. The number of carbonyl (C=O) groups is 2. The van der Waals surface area contributed by atoms with Crippen LogP contribution < -0.4 is 5.32 Å². The Balaban J connectivity index is 1.88. The molecular formula is C38H55Cl2NO9. The number of carbonyl (C=O) groups excluding carboxylic acids is 2. The molecule has 1 aromatic carbocycles. The summed E-state index contributed by atoms with van der Waals surface area (Å²) >= 11 is 12.4. The molecule has 280 valence electrons. The van der Waals surface area contributed by atoms with Gasteiger partial charge in [-0.1, -0.05) is 74.3 Å². The molecule has 0 saturated carbocycles. The second kappa shape index (κ2) is 18.5. The highest BCUT2D eigenvalue weighted by Gasteiger charge is 2.54. The Morgan fingerprint density at radius 1 is 1.22 bits per heavy atom. The Labute approximate surface area is 306 Å². The summed E-state index contributed by atoms with van der Waals surface area (Å²) in [6.45, 7) is 12.7. The summed E-state index contributed by atoms with van der Waals surface area (Å²) in [5.41, 5.74) is -1.29. The predicted molar refractivity (Wildman–Crippen MR) is 194 cm³/mol. The van der Waals surface area contributed by atoms with Gasteiger partial charge in [0.05, 0.1) is 46.4 Å². The Morgan fingerprint density at radius 3 is 2.54 bits per heavy atom. The summed E-state index contributed by atoms with van der Waals surface area (Å²) < 4.78 is 23.1. The summed E-state index contributed by atoms with van der Waals surface area (Å²) in [5.74, 6) is -1.44. The zero-order chi connectivity index (χ0) is 37.4. The van der Waals surface area contributed by atoms with Crippen molar-refractivity contribution >= 4 is 35.1 Å². The summed E-state index contributed by atoms with van der Waals surface area (Å²) in [4.78, 5) is 24.7. The van der Waals surface area contributed by atoms with Crippen molar-refractivity contribution in [3.8, 4) is 0 Å². The number of allylic oxidation sites excluding steroid dienone is 2. The van der Waals surface area contributed by atoms with Crippen LogP contribution >= 0.6 is 23.2 Å². The Hall–Kier alpha value is -2.28. The van der Waals surface area contributed by atoms with Gasteiger partial charge in [-0.05, 0) is 69.4 Å². The maximum absolute atomic E-state index is 12.9. The van der Waals surface area contributed by atoms with Gasteiger partial charge in [-0.25, -0.2) is 0 Å². The molecule has 2 aliphatic heterocycles. The molecule has 50 heavy (non-hydrogen) atoms. The molecule has 0 spiro atoms. The molecule has 1 fully saturated rings. The minimum Gasteiger partial charge on any atom is -0.457 e. The van der Waals surface area contributed by atoms with Crippen LogP contribution in [0.5, 0.6) is 0 Å². The van der Waals surface area contributed by atoms with Gasteiger partial charge in [0.15, 0.2) is 0 Å². The van der Waals surface area contributed by atoms with Gasteiger partial charge in [0, 0.05) is 32.4 Å². The van der Waals surface area contributed by atoms with E-state index in [1.807, 2.05) is 13.0 Å². The van der Waals surface area contributed by atoms with Gasteiger partial charge >= 0.3 is 11.9 Å². The number of nitrogens with one attached hydrogen (secondary N) is 1. The van der Waals surface area contributed by atoms with E-state index in [9.17, 15) is 24.9 Å². The van der Waals surface area contributed by atoms with Crippen LogP contribution in [-0.2, 0) is 35.1 Å². The van der Waals surface area contributed by atoms with Crippen molar-refractivity contribution in [2.45, 2.75) is 135 Å². The normalized spacial score (nSPS) is 31.8. The van der Waals surface area contributed by atoms with E-state index in [2.05, 4.69) is 19.2 Å². The van der Waals surface area contributed by atoms with Gasteiger partial charge in [0.25, 0.3) is 0 Å². The first-order valence-electron chi connectivity index (χ1n) is 17.3. The fourth-order valence-electron chi connectivity index (χ4n) is 6.55. The molecule has 0 amide bonds. The number of ether oxygens (including phenoxy) is 4. The average molecular weight is 741 g/mol. The predicted octanol–water partition coefficient (Wildman–Crippen LogP) is 5.87. The SMILES string of the molecule is CC[C@H](OC)[C@@H](C)[C@H]1O[C@@H]1C(NCc1ccc(Cl)c(Cl)c1)C(C)(O)/C=C/C=C(\C)C1OC(=O)C[C@H](O)CC[C@@](C)(O)[C@@H](OC(C)=O)/C=C/[C@@H]1C. The summed E-state index contributed by atoms with van der Waals surface area (Å²) in [6.07, 6.45) is 6.10. The van der Waals surface area contributed by atoms with Crippen LogP contribution in [0.25, 0.3) is 0 Å². The number of hydrogen-bond donors (Lipinski definition) is 4. The lowest BCUT2D eigenvalue weighted by Crippen LogP contribution is -2.52. The zero-order valence-electron chi connectivity index (χ0n) is 30.4. The molecule has 11 atom stereocenters. The number of halogens is 2. The van der Waals surface area contributed by atoms with Crippen molar-refractivity contribution in [1.82, 2.24) is 5.32 Å². The lowest BCUT2D eigenvalue weighted by Gasteiger charge is -2.32. The van der Waals surface area contributed by atoms with E-state index >= 15 is 0 Å². The number of epoxide rings is 1. The topological polar surface area (TPSA) is 147 Å². The summed E-state index contributed by atoms with van der Waals surface area (Å²) in [7, 11) is 1.69. The van der Waals surface area contributed by atoms with E-state index in [4.69, 9.17) is 42.1 Å². The third-order valence-electron chi connectivity index (χ3n) is 9.70. The number of hydrogen-bond acceptors (Lipinski definition) is 10. The van der Waals surface area contributed by atoms with Crippen molar-refractivity contribution in [2.75, 3.05) is 7.11 Å². The van der Waals surface area contributed by atoms with Crippen molar-refractivity contribution in [2.24, 2.45) is 11.8 Å². The Morgan fingerprint density at radius 2 is 1.92 bits per heavy atom. The van der Waals surface area contributed by atoms with Crippen molar-refractivity contribution in [3.63, 3.8) is 0 Å². The van der Waals surface area contributed by atoms with Gasteiger partial charge in [0.1, 0.15) is 23.9 Å². The lowest BCUT2D eigenvalue weighted by molar-refractivity contribution is -0.157. The van der Waals surface area contributed by atoms with Crippen LogP contribution in [0.15, 0.2) is 54.2 Å². The summed E-state index contributed by atoms with van der Waals surface area (Å²) in [6, 6.07) is 4.87. The quantitative estimate of drug-likeness (QED) is 0.0839. The molecule has 4 N–H and O–H groups in total. The molecule has 1 saturated heterocycles. The highest BCUT2D eigenvalue weighted by molar-refractivity contribution is 6.42. The second-order valence-electron chi connectivity index (χ2n) is 14.1. The molecule has 12 heteroatoms. The minimum absolute atomic E-state index is 0.00744. The molecule has 0 aliphatic carbocycles. The van der Waals surface area contributed by atoms with Crippen LogP contribution in [0, 0.1) is 11.8 Å². The van der Waals surface area contributed by atoms with Gasteiger partial charge in [-0.15, -0.1) is 0 Å². The van der Waals surface area contributed by atoms with E-state index in [1.54, 1.807) is 63.5 Å². The molecule has 3 unspecified atom stereocenters. The zero-order valence-corrected chi connectivity index (χ0v) is 31.9. The molecule has 0 aromatic heterocycles. The Bertz CT molecular complexity index is 1390. The third kappa shape index (κ3) is 11.9. The fraction of sp³-hybridized carbons (Fsp3) is 0.632. The number of benzene rings is 1. The molecular weight excluding hydrogens is 685 g/mol. The van der Waals surface area contributed by atoms with E-state index in [0.29, 0.717) is 22.2 Å². The number of esters is 2. The number of rotatable bonds is 13. The van der Waals surface area contributed by atoms with Crippen LogP contribution in [0.3, 0.4) is 0 Å². The molecule has 3 rings (SSSR count). The standard InChI is InChI=1S/C38H55Cl2NO9/c1-9-30(47-8)24(4)34-35(50-34)36(41-21-26-13-14-28(39)29(40)19-26)38(7,46)17-10-11-22(2)33-23(3)12-15-31(48-25(5)42)37(6,45)18-16-27(43)20-32(44)49-33/h10-15,17,19,23-24,27,30-31,33-36,41,43,45-46H,9,16,18,20-21H2,1-8H3/b15-12+,17-10+,22-11+/t23-,24+,27+,30-,31-,33?,34+,35-,36?,37+,38?/m0/s1. The number of aliphatic hydroxyl groups excluding tert-OH is 1. The molecule has 2 heterocycles. The third-order valence-corrected chi connectivity index (χ3v) is 10.4. The number of methoxy groups -OCH3 is 1. The largest absolute Gasteiger partial charge is 0.457 e. The van der Waals surface area contributed by atoms with Gasteiger partial charge in [0.2, 0.25) is 0 Å². The number of aliphatic hydroxyl groups is 3. The van der Waals surface area contributed by atoms with Gasteiger partial charge < -0.3 is 39.6 Å². The lowest BCUT2D eigenvalue weighted by atomic mass is 9.87. The van der Waals surface area contributed by atoms with E-state index in [1.165, 1.54) is 13.8 Å². The molecule has 0 bridgehead atoms. The Kier molecular flexibility index (Phi) is 15.6. The summed E-state index contributed by atoms with van der Waals surface area (Å²) in [5, 5.41) is 37.9. The van der Waals surface area contributed by atoms with E-state index in [-0.39, 0.29) is 43.5 Å². The molecule has 1 aromatic rings. The molecule has 0 radical (unpaired) electrons. The highest BCUT2D eigenvalue weighted by atomic mass is 35.5. The first-order valence-corrected chi connectivity index (χ1v) is 18.0. The highest BCUT2D eigenvalue weighted by Crippen LogP contribution is 2.39. The smallest absolute Gasteiger partial charge is 0.309 e. The van der Waals surface area contributed by atoms with Crippen LogP contribution in [0.1, 0.15) is 79.7 Å². The van der Waals surface area contributed by atoms with Crippen LogP contribution in [0.4, 0.5) is 0 Å². The van der Waals surface area contributed by atoms with Gasteiger partial charge in [-0.3, -0.25) is 9.59 Å². The van der Waals surface area contributed by atoms with Crippen LogP contribution in [0.2, 0.25) is 10.0 Å². The maximum atomic E-state index is 12.9. The minimum atomic E-state index is -1.46. The molecule has 10 nitrogen and oxygen atoms in total. The van der Waals surface area contributed by atoms with Crippen molar-refractivity contribution in [1.29, 1.82) is 0 Å². The van der Waals surface area contributed by atoms with Crippen molar-refractivity contribution < 1.29 is 43.9 Å². The fourth-order valence-corrected chi connectivity index (χ4v) is 6.87. The molecule has 2 aliphatic rings. The first kappa shape index (κ1) is 42.1. The monoisotopic (exact) mass is 739 g/mol.